The molecular weight excluding hydrogens is 276 g/mol. The largest absolute Gasteiger partial charge is 0.497 e. The van der Waals surface area contributed by atoms with Crippen molar-refractivity contribution < 1.29 is 4.74 Å². The SMILES string of the molecule is COc1ccc2nc(C/C=C\C(=C/N)SC)sc2c1. The summed E-state index contributed by atoms with van der Waals surface area (Å²) in [5, 5.41) is 1.09. The number of benzene rings is 1. The van der Waals surface area contributed by atoms with E-state index in [1.165, 1.54) is 0 Å². The molecule has 2 aromatic rings. The minimum atomic E-state index is 0.819. The maximum atomic E-state index is 5.49. The zero-order valence-corrected chi connectivity index (χ0v) is 12.6. The van der Waals surface area contributed by atoms with Crippen molar-refractivity contribution in [3.63, 3.8) is 0 Å². The zero-order chi connectivity index (χ0) is 13.7. The summed E-state index contributed by atoms with van der Waals surface area (Å²) in [5.41, 5.74) is 6.52. The summed E-state index contributed by atoms with van der Waals surface area (Å²) in [6, 6.07) is 5.95. The number of thioether (sulfide) groups is 1. The van der Waals surface area contributed by atoms with Crippen LogP contribution in [0.1, 0.15) is 5.01 Å². The second-order valence-electron chi connectivity index (χ2n) is 3.82. The molecule has 3 nitrogen and oxygen atoms in total. The van der Waals surface area contributed by atoms with Crippen LogP contribution < -0.4 is 10.5 Å². The van der Waals surface area contributed by atoms with E-state index < -0.39 is 0 Å². The van der Waals surface area contributed by atoms with E-state index in [1.807, 2.05) is 30.5 Å². The van der Waals surface area contributed by atoms with Gasteiger partial charge < -0.3 is 10.5 Å². The summed E-state index contributed by atoms with van der Waals surface area (Å²) in [5.74, 6) is 0.869. The molecule has 0 radical (unpaired) electrons. The zero-order valence-electron chi connectivity index (χ0n) is 10.9. The lowest BCUT2D eigenvalue weighted by atomic mass is 10.3. The number of hydrogen-bond donors (Lipinski definition) is 1. The highest BCUT2D eigenvalue weighted by atomic mass is 32.2. The number of methoxy groups -OCH3 is 1. The molecule has 0 aliphatic rings. The van der Waals surface area contributed by atoms with E-state index >= 15 is 0 Å². The fourth-order valence-electron chi connectivity index (χ4n) is 1.63. The minimum absolute atomic E-state index is 0.819. The van der Waals surface area contributed by atoms with Gasteiger partial charge in [-0.2, -0.15) is 0 Å². The van der Waals surface area contributed by atoms with Gasteiger partial charge in [0.25, 0.3) is 0 Å². The molecule has 1 aromatic heterocycles. The second kappa shape index (κ2) is 6.63. The summed E-state index contributed by atoms with van der Waals surface area (Å²) in [4.78, 5) is 5.65. The van der Waals surface area contributed by atoms with Crippen LogP contribution in [0.5, 0.6) is 5.75 Å². The molecular formula is C14H16N2OS2. The molecule has 0 saturated carbocycles. The van der Waals surface area contributed by atoms with Gasteiger partial charge in [-0.1, -0.05) is 12.2 Å². The van der Waals surface area contributed by atoms with Gasteiger partial charge in [-0.3, -0.25) is 0 Å². The Labute approximate surface area is 121 Å². The van der Waals surface area contributed by atoms with Gasteiger partial charge >= 0.3 is 0 Å². The van der Waals surface area contributed by atoms with Crippen LogP contribution in [0.4, 0.5) is 0 Å². The molecule has 2 N–H and O–H groups in total. The molecule has 5 heteroatoms. The number of allylic oxidation sites excluding steroid dienone is 2. The highest BCUT2D eigenvalue weighted by Crippen LogP contribution is 2.26. The number of nitrogens with zero attached hydrogens (tertiary/aromatic N) is 1. The van der Waals surface area contributed by atoms with E-state index in [9.17, 15) is 0 Å². The summed E-state index contributed by atoms with van der Waals surface area (Å²) in [7, 11) is 1.68. The van der Waals surface area contributed by atoms with Crippen LogP contribution in [0.15, 0.2) is 41.5 Å². The highest BCUT2D eigenvalue weighted by Gasteiger charge is 2.03. The van der Waals surface area contributed by atoms with Crippen LogP contribution in [0.2, 0.25) is 0 Å². The molecule has 0 amide bonds. The van der Waals surface area contributed by atoms with E-state index in [1.54, 1.807) is 36.4 Å². The Hall–Kier alpha value is -1.46. The lowest BCUT2D eigenvalue weighted by molar-refractivity contribution is 0.415. The molecule has 0 unspecified atom stereocenters. The lowest BCUT2D eigenvalue weighted by Gasteiger charge is -1.96. The Morgan fingerprint density at radius 2 is 2.37 bits per heavy atom. The van der Waals surface area contributed by atoms with Gasteiger partial charge in [-0.15, -0.1) is 23.1 Å². The van der Waals surface area contributed by atoms with Crippen molar-refractivity contribution in [2.75, 3.05) is 13.4 Å². The van der Waals surface area contributed by atoms with Crippen LogP contribution in [-0.2, 0) is 6.42 Å². The first kappa shape index (κ1) is 14.0. The van der Waals surface area contributed by atoms with Crippen LogP contribution in [0.3, 0.4) is 0 Å². The Kier molecular flexibility index (Phi) is 4.87. The Morgan fingerprint density at radius 1 is 1.53 bits per heavy atom. The Balaban J connectivity index is 2.13. The highest BCUT2D eigenvalue weighted by molar-refractivity contribution is 8.02. The standard InChI is InChI=1S/C14H16N2OS2/c1-17-10-6-7-12-13(8-10)19-14(16-12)5-3-4-11(9-15)18-2/h3-4,6-9H,5,15H2,1-2H3/b4-3-,11-9+. The number of rotatable bonds is 5. The van der Waals surface area contributed by atoms with Gasteiger partial charge in [0.1, 0.15) is 5.75 Å². The maximum Gasteiger partial charge on any atom is 0.120 e. The predicted molar refractivity (Wildman–Crippen MR) is 84.8 cm³/mol. The second-order valence-corrected chi connectivity index (χ2v) is 5.82. The molecule has 19 heavy (non-hydrogen) atoms. The number of ether oxygens (including phenoxy) is 1. The first-order valence-electron chi connectivity index (χ1n) is 5.82. The number of fused-ring (bicyclic) bond motifs is 1. The average molecular weight is 292 g/mol. The molecule has 1 aromatic carbocycles. The number of hydrogen-bond acceptors (Lipinski definition) is 5. The van der Waals surface area contributed by atoms with Gasteiger partial charge in [0.2, 0.25) is 0 Å². The predicted octanol–water partition coefficient (Wildman–Crippen LogP) is 3.57. The third kappa shape index (κ3) is 3.52. The van der Waals surface area contributed by atoms with Crippen LogP contribution in [-0.4, -0.2) is 18.3 Å². The molecule has 0 atom stereocenters. The first-order valence-corrected chi connectivity index (χ1v) is 7.87. The fraction of sp³-hybridized carbons (Fsp3) is 0.214. The van der Waals surface area contributed by atoms with Crippen molar-refractivity contribution in [3.05, 3.63) is 46.5 Å². The van der Waals surface area contributed by atoms with E-state index in [4.69, 9.17) is 10.5 Å². The summed E-state index contributed by atoms with van der Waals surface area (Å²) in [6.45, 7) is 0. The fourth-order valence-corrected chi connectivity index (χ4v) is 2.97. The Morgan fingerprint density at radius 3 is 3.05 bits per heavy atom. The molecule has 0 aliphatic carbocycles. The molecule has 0 fully saturated rings. The van der Waals surface area contributed by atoms with Gasteiger partial charge in [0.05, 0.1) is 22.3 Å². The molecule has 100 valence electrons. The van der Waals surface area contributed by atoms with Gasteiger partial charge in [0, 0.05) is 17.5 Å². The van der Waals surface area contributed by atoms with Crippen LogP contribution in [0, 0.1) is 0 Å². The van der Waals surface area contributed by atoms with Crippen molar-refractivity contribution in [2.24, 2.45) is 5.73 Å². The summed E-state index contributed by atoms with van der Waals surface area (Å²) >= 11 is 3.32. The smallest absolute Gasteiger partial charge is 0.120 e. The van der Waals surface area contributed by atoms with Crippen molar-refractivity contribution >= 4 is 33.3 Å². The maximum absolute atomic E-state index is 5.49. The van der Waals surface area contributed by atoms with Crippen molar-refractivity contribution in [1.82, 2.24) is 4.98 Å². The van der Waals surface area contributed by atoms with Crippen LogP contribution >= 0.6 is 23.1 Å². The summed E-state index contributed by atoms with van der Waals surface area (Å²) in [6.07, 6.45) is 8.55. The van der Waals surface area contributed by atoms with Gasteiger partial charge in [0.15, 0.2) is 0 Å². The number of thiazole rings is 1. The Bertz CT molecular complexity index is 617. The van der Waals surface area contributed by atoms with E-state index in [0.29, 0.717) is 0 Å². The van der Waals surface area contributed by atoms with E-state index in [0.717, 1.165) is 32.3 Å². The number of nitrogens with two attached hydrogens (primary N) is 1. The van der Waals surface area contributed by atoms with Crippen LogP contribution in [0.25, 0.3) is 10.2 Å². The number of aromatic nitrogens is 1. The normalized spacial score (nSPS) is 12.4. The third-order valence-corrected chi connectivity index (χ3v) is 4.40. The van der Waals surface area contributed by atoms with Gasteiger partial charge in [-0.05, 0) is 24.5 Å². The summed E-state index contributed by atoms with van der Waals surface area (Å²) < 4.78 is 6.37. The van der Waals surface area contributed by atoms with Gasteiger partial charge in [-0.25, -0.2) is 4.98 Å². The molecule has 0 spiro atoms. The average Bonchev–Trinajstić information content (AvgIpc) is 2.85. The topological polar surface area (TPSA) is 48.1 Å². The van der Waals surface area contributed by atoms with E-state index in [-0.39, 0.29) is 0 Å². The molecule has 0 bridgehead atoms. The minimum Gasteiger partial charge on any atom is -0.497 e. The van der Waals surface area contributed by atoms with Crippen molar-refractivity contribution in [1.29, 1.82) is 0 Å². The van der Waals surface area contributed by atoms with Crippen molar-refractivity contribution in [2.45, 2.75) is 6.42 Å². The quantitative estimate of drug-likeness (QED) is 0.856. The monoisotopic (exact) mass is 292 g/mol. The molecule has 2 rings (SSSR count). The van der Waals surface area contributed by atoms with E-state index in [2.05, 4.69) is 11.1 Å². The van der Waals surface area contributed by atoms with Crippen molar-refractivity contribution in [3.8, 4) is 5.75 Å². The molecule has 0 saturated heterocycles. The lowest BCUT2D eigenvalue weighted by Crippen LogP contribution is -1.82. The molecule has 1 heterocycles. The molecule has 0 aliphatic heterocycles. The third-order valence-electron chi connectivity index (χ3n) is 2.61. The first-order chi connectivity index (χ1) is 9.26.